The van der Waals surface area contributed by atoms with Crippen LogP contribution in [-0.4, -0.2) is 30.5 Å². The van der Waals surface area contributed by atoms with Crippen molar-refractivity contribution in [3.8, 4) is 0 Å². The highest BCUT2D eigenvalue weighted by Crippen LogP contribution is 2.31. The molecule has 88 valence electrons. The molecule has 0 aromatic carbocycles. The molecule has 1 unspecified atom stereocenters. The first-order valence-electron chi connectivity index (χ1n) is 6.01. The summed E-state index contributed by atoms with van der Waals surface area (Å²) in [5, 5.41) is 1.33. The van der Waals surface area contributed by atoms with Crippen LogP contribution in [0.2, 0.25) is 0 Å². The van der Waals surface area contributed by atoms with Crippen LogP contribution in [0.5, 0.6) is 0 Å². The first kappa shape index (κ1) is 11.8. The van der Waals surface area contributed by atoms with Gasteiger partial charge in [0.25, 0.3) is 0 Å². The molecule has 1 aromatic rings. The Morgan fingerprint density at radius 2 is 2.31 bits per heavy atom. The fraction of sp³-hybridized carbons (Fsp3) is 0.615. The van der Waals surface area contributed by atoms with Gasteiger partial charge in [0, 0.05) is 17.3 Å². The maximum absolute atomic E-state index is 4.78. The second-order valence-electron chi connectivity index (χ2n) is 4.67. The lowest BCUT2D eigenvalue weighted by molar-refractivity contribution is 0.368. The van der Waals surface area contributed by atoms with Gasteiger partial charge in [-0.3, -0.25) is 0 Å². The standard InChI is InChI=1S/C13H20N2S/c1-4-10(9-15(2)3)13-14-11-7-5-6-8-12(11)16-13/h5,7,10H,4,6,8-9H2,1-3H3. The van der Waals surface area contributed by atoms with Gasteiger partial charge in [0.05, 0.1) is 10.7 Å². The first-order chi connectivity index (χ1) is 7.70. The van der Waals surface area contributed by atoms with Gasteiger partial charge in [-0.25, -0.2) is 4.98 Å². The zero-order chi connectivity index (χ0) is 11.5. The van der Waals surface area contributed by atoms with E-state index in [9.17, 15) is 0 Å². The van der Waals surface area contributed by atoms with Crippen LogP contribution >= 0.6 is 11.3 Å². The maximum Gasteiger partial charge on any atom is 0.0978 e. The Morgan fingerprint density at radius 1 is 1.50 bits per heavy atom. The number of fused-ring (bicyclic) bond motifs is 1. The minimum absolute atomic E-state index is 0.596. The van der Waals surface area contributed by atoms with Crippen LogP contribution in [0.1, 0.15) is 41.3 Å². The molecule has 1 aromatic heterocycles. The molecule has 1 aliphatic carbocycles. The second-order valence-corrected chi connectivity index (χ2v) is 5.78. The summed E-state index contributed by atoms with van der Waals surface area (Å²) in [6.07, 6.45) is 7.95. The van der Waals surface area contributed by atoms with Crippen molar-refractivity contribution in [1.82, 2.24) is 9.88 Å². The number of hydrogen-bond donors (Lipinski definition) is 0. The summed E-state index contributed by atoms with van der Waals surface area (Å²) in [5.41, 5.74) is 1.23. The zero-order valence-electron chi connectivity index (χ0n) is 10.4. The number of aryl methyl sites for hydroxylation is 1. The molecule has 1 heterocycles. The van der Waals surface area contributed by atoms with Crippen molar-refractivity contribution in [3.05, 3.63) is 21.7 Å². The van der Waals surface area contributed by atoms with Crippen LogP contribution < -0.4 is 0 Å². The van der Waals surface area contributed by atoms with Gasteiger partial charge in [-0.15, -0.1) is 11.3 Å². The fourth-order valence-electron chi connectivity index (χ4n) is 2.10. The van der Waals surface area contributed by atoms with Crippen molar-refractivity contribution in [2.24, 2.45) is 0 Å². The Labute approximate surface area is 102 Å². The predicted molar refractivity (Wildman–Crippen MR) is 71.1 cm³/mol. The summed E-state index contributed by atoms with van der Waals surface area (Å²) in [4.78, 5) is 8.52. The molecule has 2 nitrogen and oxygen atoms in total. The number of allylic oxidation sites excluding steroid dienone is 1. The van der Waals surface area contributed by atoms with Gasteiger partial charge in [-0.1, -0.05) is 13.0 Å². The van der Waals surface area contributed by atoms with Crippen LogP contribution in [0, 0.1) is 0 Å². The lowest BCUT2D eigenvalue weighted by atomic mass is 10.1. The smallest absolute Gasteiger partial charge is 0.0978 e. The molecule has 0 amide bonds. The van der Waals surface area contributed by atoms with Crippen molar-refractivity contribution >= 4 is 17.4 Å². The molecule has 0 saturated carbocycles. The number of aromatic nitrogens is 1. The maximum atomic E-state index is 4.78. The van der Waals surface area contributed by atoms with E-state index >= 15 is 0 Å². The highest BCUT2D eigenvalue weighted by atomic mass is 32.1. The van der Waals surface area contributed by atoms with E-state index in [4.69, 9.17) is 4.98 Å². The van der Waals surface area contributed by atoms with Gasteiger partial charge in [0.15, 0.2) is 0 Å². The van der Waals surface area contributed by atoms with E-state index in [1.807, 2.05) is 11.3 Å². The van der Waals surface area contributed by atoms with Gasteiger partial charge in [-0.05, 0) is 39.4 Å². The summed E-state index contributed by atoms with van der Waals surface area (Å²) in [6, 6.07) is 0. The van der Waals surface area contributed by atoms with Crippen molar-refractivity contribution in [2.75, 3.05) is 20.6 Å². The molecule has 0 saturated heterocycles. The van der Waals surface area contributed by atoms with E-state index in [0.29, 0.717) is 5.92 Å². The van der Waals surface area contributed by atoms with Gasteiger partial charge in [-0.2, -0.15) is 0 Å². The Bertz CT molecular complexity index is 379. The molecule has 3 heteroatoms. The molecule has 0 bridgehead atoms. The Balaban J connectivity index is 2.19. The Kier molecular flexibility index (Phi) is 3.77. The molecule has 1 atom stereocenters. The Hall–Kier alpha value is -0.670. The molecule has 0 radical (unpaired) electrons. The normalized spacial score (nSPS) is 16.5. The van der Waals surface area contributed by atoms with E-state index in [2.05, 4.69) is 38.1 Å². The molecular formula is C13H20N2S. The largest absolute Gasteiger partial charge is 0.309 e. The minimum atomic E-state index is 0.596. The van der Waals surface area contributed by atoms with Gasteiger partial charge in [0.2, 0.25) is 0 Å². The van der Waals surface area contributed by atoms with Crippen molar-refractivity contribution < 1.29 is 0 Å². The highest BCUT2D eigenvalue weighted by molar-refractivity contribution is 7.11. The molecule has 0 N–H and O–H groups in total. The molecule has 0 aliphatic heterocycles. The quantitative estimate of drug-likeness (QED) is 0.798. The average Bonchev–Trinajstić information content (AvgIpc) is 2.68. The van der Waals surface area contributed by atoms with Crippen LogP contribution in [0.25, 0.3) is 6.08 Å². The molecule has 0 fully saturated rings. The van der Waals surface area contributed by atoms with Crippen LogP contribution in [-0.2, 0) is 6.42 Å². The summed E-state index contributed by atoms with van der Waals surface area (Å²) < 4.78 is 0. The summed E-state index contributed by atoms with van der Waals surface area (Å²) in [6.45, 7) is 3.36. The van der Waals surface area contributed by atoms with E-state index in [1.54, 1.807) is 0 Å². The second kappa shape index (κ2) is 5.11. The van der Waals surface area contributed by atoms with Gasteiger partial charge < -0.3 is 4.90 Å². The van der Waals surface area contributed by atoms with Crippen molar-refractivity contribution in [3.63, 3.8) is 0 Å². The molecule has 16 heavy (non-hydrogen) atoms. The van der Waals surface area contributed by atoms with Crippen molar-refractivity contribution in [2.45, 2.75) is 32.1 Å². The number of nitrogens with zero attached hydrogens (tertiary/aromatic N) is 2. The number of likely N-dealkylation sites (N-methyl/N-ethyl adjacent to an activating group) is 1. The lowest BCUT2D eigenvalue weighted by Crippen LogP contribution is -2.19. The number of hydrogen-bond acceptors (Lipinski definition) is 3. The third kappa shape index (κ3) is 2.53. The molecule has 1 aliphatic rings. The lowest BCUT2D eigenvalue weighted by Gasteiger charge is -2.17. The molecule has 0 spiro atoms. The number of thiazole rings is 1. The van der Waals surface area contributed by atoms with Crippen molar-refractivity contribution in [1.29, 1.82) is 0 Å². The number of rotatable bonds is 4. The SMILES string of the molecule is CCC(CN(C)C)c1nc2c(s1)CCC=C2. The van der Waals surface area contributed by atoms with E-state index in [-0.39, 0.29) is 0 Å². The van der Waals surface area contributed by atoms with Crippen LogP contribution in [0.15, 0.2) is 6.08 Å². The summed E-state index contributed by atoms with van der Waals surface area (Å²) in [7, 11) is 4.27. The van der Waals surface area contributed by atoms with Gasteiger partial charge in [0.1, 0.15) is 0 Å². The predicted octanol–water partition coefficient (Wildman–Crippen LogP) is 3.16. The Morgan fingerprint density at radius 3 is 2.94 bits per heavy atom. The van der Waals surface area contributed by atoms with E-state index in [0.717, 1.165) is 6.54 Å². The van der Waals surface area contributed by atoms with E-state index in [1.165, 1.54) is 34.8 Å². The fourth-order valence-corrected chi connectivity index (χ4v) is 3.34. The van der Waals surface area contributed by atoms with E-state index < -0.39 is 0 Å². The third-order valence-electron chi connectivity index (χ3n) is 2.99. The topological polar surface area (TPSA) is 16.1 Å². The molecule has 2 rings (SSSR count). The summed E-state index contributed by atoms with van der Waals surface area (Å²) in [5.74, 6) is 0.596. The first-order valence-corrected chi connectivity index (χ1v) is 6.83. The molecular weight excluding hydrogens is 216 g/mol. The minimum Gasteiger partial charge on any atom is -0.309 e. The third-order valence-corrected chi connectivity index (χ3v) is 4.28. The average molecular weight is 236 g/mol. The van der Waals surface area contributed by atoms with Crippen LogP contribution in [0.4, 0.5) is 0 Å². The highest BCUT2D eigenvalue weighted by Gasteiger charge is 2.18. The monoisotopic (exact) mass is 236 g/mol. The van der Waals surface area contributed by atoms with Crippen LogP contribution in [0.3, 0.4) is 0 Å². The van der Waals surface area contributed by atoms with Gasteiger partial charge >= 0.3 is 0 Å². The zero-order valence-corrected chi connectivity index (χ0v) is 11.2. The summed E-state index contributed by atoms with van der Waals surface area (Å²) >= 11 is 1.92.